The number of ether oxygens (including phenoxy) is 1. The summed E-state index contributed by atoms with van der Waals surface area (Å²) in [6.45, 7) is 0. The van der Waals surface area contributed by atoms with Gasteiger partial charge < -0.3 is 10.1 Å². The Balaban J connectivity index is 1.98. The second-order valence-electron chi connectivity index (χ2n) is 4.89. The van der Waals surface area contributed by atoms with E-state index >= 15 is 0 Å². The Hall–Kier alpha value is -0.430. The fourth-order valence-corrected chi connectivity index (χ4v) is 4.17. The van der Waals surface area contributed by atoms with Crippen molar-refractivity contribution in [2.75, 3.05) is 7.05 Å². The van der Waals surface area contributed by atoms with Crippen molar-refractivity contribution in [1.82, 2.24) is 10.3 Å². The molecule has 6 heteroatoms. The minimum atomic E-state index is -0.0707. The Morgan fingerprint density at radius 2 is 2.00 bits per heavy atom. The average Bonchev–Trinajstić information content (AvgIpc) is 2.46. The van der Waals surface area contributed by atoms with E-state index in [0.717, 1.165) is 31.3 Å². The second kappa shape index (κ2) is 6.36. The highest BCUT2D eigenvalue weighted by atomic mass is 79.9. The molecule has 0 spiro atoms. The van der Waals surface area contributed by atoms with Crippen molar-refractivity contribution in [2.24, 2.45) is 0 Å². The first-order chi connectivity index (χ1) is 10.1. The Morgan fingerprint density at radius 1 is 1.19 bits per heavy atom. The molecule has 0 aliphatic carbocycles. The zero-order valence-corrected chi connectivity index (χ0v) is 16.0. The van der Waals surface area contributed by atoms with Crippen LogP contribution in [0.2, 0.25) is 0 Å². The molecule has 21 heavy (non-hydrogen) atoms. The van der Waals surface area contributed by atoms with E-state index in [1.807, 2.05) is 25.2 Å². The van der Waals surface area contributed by atoms with Crippen LogP contribution in [0.3, 0.4) is 0 Å². The minimum absolute atomic E-state index is 0.0707. The van der Waals surface area contributed by atoms with Crippen molar-refractivity contribution >= 4 is 47.8 Å². The molecule has 3 nitrogen and oxygen atoms in total. The Bertz CT molecular complexity index is 678. The van der Waals surface area contributed by atoms with Crippen LogP contribution in [-0.4, -0.2) is 12.0 Å². The maximum Gasteiger partial charge on any atom is 0.143 e. The Kier molecular flexibility index (Phi) is 4.69. The molecule has 110 valence electrons. The zero-order valence-electron chi connectivity index (χ0n) is 11.2. The monoisotopic (exact) mass is 474 g/mol. The molecule has 0 radical (unpaired) electrons. The standard InChI is InChI=1S/C15H13Br3N2O/c1-19-12-6-14(15-11(18)5-9(17)7-20-15)21-13-3-2-8(16)4-10(12)13/h2-5,7,12,14,19H,6H2,1H3. The SMILES string of the molecule is CNC1CC(c2ncc(Br)cc2Br)Oc2ccc(Br)cc21. The molecule has 2 heterocycles. The molecule has 2 aromatic rings. The van der Waals surface area contributed by atoms with Crippen molar-refractivity contribution < 1.29 is 4.74 Å². The van der Waals surface area contributed by atoms with Crippen LogP contribution in [-0.2, 0) is 0 Å². The summed E-state index contributed by atoms with van der Waals surface area (Å²) in [5.41, 5.74) is 2.10. The smallest absolute Gasteiger partial charge is 0.143 e. The number of nitrogens with zero attached hydrogens (tertiary/aromatic N) is 1. The van der Waals surface area contributed by atoms with Gasteiger partial charge in [-0.1, -0.05) is 15.9 Å². The lowest BCUT2D eigenvalue weighted by molar-refractivity contribution is 0.149. The summed E-state index contributed by atoms with van der Waals surface area (Å²) < 4.78 is 9.12. The molecule has 0 amide bonds. The van der Waals surface area contributed by atoms with Gasteiger partial charge in [0.15, 0.2) is 0 Å². The lowest BCUT2D eigenvalue weighted by Gasteiger charge is -2.32. The maximum absolute atomic E-state index is 6.16. The predicted octanol–water partition coefficient (Wildman–Crippen LogP) is 5.15. The average molecular weight is 477 g/mol. The van der Waals surface area contributed by atoms with Gasteiger partial charge in [-0.2, -0.15) is 0 Å². The Morgan fingerprint density at radius 3 is 2.71 bits per heavy atom. The van der Waals surface area contributed by atoms with E-state index in [9.17, 15) is 0 Å². The molecule has 0 bridgehead atoms. The van der Waals surface area contributed by atoms with Crippen molar-refractivity contribution in [3.63, 3.8) is 0 Å². The number of rotatable bonds is 2. The number of nitrogens with one attached hydrogen (secondary N) is 1. The largest absolute Gasteiger partial charge is 0.484 e. The van der Waals surface area contributed by atoms with Crippen LogP contribution in [0.25, 0.3) is 0 Å². The predicted molar refractivity (Wildman–Crippen MR) is 93.6 cm³/mol. The highest BCUT2D eigenvalue weighted by molar-refractivity contribution is 9.11. The van der Waals surface area contributed by atoms with Crippen molar-refractivity contribution in [3.8, 4) is 5.75 Å². The molecule has 0 saturated carbocycles. The van der Waals surface area contributed by atoms with Gasteiger partial charge in [-0.15, -0.1) is 0 Å². The normalized spacial score (nSPS) is 20.8. The summed E-state index contributed by atoms with van der Waals surface area (Å²) in [6, 6.07) is 8.35. The van der Waals surface area contributed by atoms with E-state index < -0.39 is 0 Å². The fourth-order valence-electron chi connectivity index (χ4n) is 2.54. The van der Waals surface area contributed by atoms with E-state index in [2.05, 4.69) is 64.2 Å². The third-order valence-electron chi connectivity index (χ3n) is 3.56. The van der Waals surface area contributed by atoms with Gasteiger partial charge in [0.05, 0.1) is 5.69 Å². The molecule has 1 aromatic heterocycles. The number of aromatic nitrogens is 1. The van der Waals surface area contributed by atoms with Crippen molar-refractivity contribution in [2.45, 2.75) is 18.6 Å². The lowest BCUT2D eigenvalue weighted by Crippen LogP contribution is -2.27. The van der Waals surface area contributed by atoms with Gasteiger partial charge in [0, 0.05) is 37.6 Å². The van der Waals surface area contributed by atoms with Crippen LogP contribution in [0.15, 0.2) is 43.9 Å². The first-order valence-corrected chi connectivity index (χ1v) is 8.90. The molecular formula is C15H13Br3N2O. The summed E-state index contributed by atoms with van der Waals surface area (Å²) >= 11 is 10.5. The van der Waals surface area contributed by atoms with Crippen LogP contribution in [0.1, 0.15) is 29.8 Å². The highest BCUT2D eigenvalue weighted by Gasteiger charge is 2.30. The van der Waals surface area contributed by atoms with Gasteiger partial charge in [-0.25, -0.2) is 0 Å². The molecule has 3 rings (SSSR count). The molecule has 1 aromatic carbocycles. The third-order valence-corrected chi connectivity index (χ3v) is 5.12. The lowest BCUT2D eigenvalue weighted by atomic mass is 9.95. The second-order valence-corrected chi connectivity index (χ2v) is 7.57. The molecule has 1 N–H and O–H groups in total. The first-order valence-electron chi connectivity index (χ1n) is 6.53. The first kappa shape index (κ1) is 15.5. The molecule has 2 unspecified atom stereocenters. The van der Waals surface area contributed by atoms with E-state index in [1.165, 1.54) is 5.56 Å². The maximum atomic E-state index is 6.16. The number of hydrogen-bond donors (Lipinski definition) is 1. The van der Waals surface area contributed by atoms with Gasteiger partial charge in [-0.3, -0.25) is 4.98 Å². The highest BCUT2D eigenvalue weighted by Crippen LogP contribution is 2.42. The zero-order chi connectivity index (χ0) is 15.0. The number of hydrogen-bond acceptors (Lipinski definition) is 3. The third kappa shape index (κ3) is 3.18. The van der Waals surface area contributed by atoms with E-state index in [4.69, 9.17) is 4.74 Å². The van der Waals surface area contributed by atoms with E-state index in [0.29, 0.717) is 0 Å². The molecular weight excluding hydrogens is 464 g/mol. The van der Waals surface area contributed by atoms with Gasteiger partial charge >= 0.3 is 0 Å². The van der Waals surface area contributed by atoms with Crippen LogP contribution in [0.4, 0.5) is 0 Å². The summed E-state index contributed by atoms with van der Waals surface area (Å²) in [5, 5.41) is 3.36. The number of pyridine rings is 1. The fraction of sp³-hybridized carbons (Fsp3) is 0.267. The van der Waals surface area contributed by atoms with Crippen LogP contribution < -0.4 is 10.1 Å². The van der Waals surface area contributed by atoms with Crippen LogP contribution in [0, 0.1) is 0 Å². The van der Waals surface area contributed by atoms with Gasteiger partial charge in [0.2, 0.25) is 0 Å². The molecule has 0 fully saturated rings. The van der Waals surface area contributed by atoms with E-state index in [1.54, 1.807) is 6.20 Å². The molecule has 1 aliphatic rings. The van der Waals surface area contributed by atoms with Crippen LogP contribution >= 0.6 is 47.8 Å². The minimum Gasteiger partial charge on any atom is -0.484 e. The number of fused-ring (bicyclic) bond motifs is 1. The molecule has 0 saturated heterocycles. The Labute approximate surface area is 148 Å². The number of halogens is 3. The topological polar surface area (TPSA) is 34.2 Å². The number of benzene rings is 1. The van der Waals surface area contributed by atoms with Crippen molar-refractivity contribution in [3.05, 3.63) is 55.1 Å². The van der Waals surface area contributed by atoms with Gasteiger partial charge in [0.1, 0.15) is 11.9 Å². The van der Waals surface area contributed by atoms with Gasteiger partial charge in [0.25, 0.3) is 0 Å². The summed E-state index contributed by atoms with van der Waals surface area (Å²) in [6.07, 6.45) is 2.57. The quantitative estimate of drug-likeness (QED) is 0.650. The van der Waals surface area contributed by atoms with Gasteiger partial charge in [-0.05, 0) is 63.2 Å². The van der Waals surface area contributed by atoms with E-state index in [-0.39, 0.29) is 12.1 Å². The summed E-state index contributed by atoms with van der Waals surface area (Å²) in [5.74, 6) is 0.908. The molecule has 1 aliphatic heterocycles. The summed E-state index contributed by atoms with van der Waals surface area (Å²) in [4.78, 5) is 4.50. The summed E-state index contributed by atoms with van der Waals surface area (Å²) in [7, 11) is 1.97. The van der Waals surface area contributed by atoms with Crippen molar-refractivity contribution in [1.29, 1.82) is 0 Å². The van der Waals surface area contributed by atoms with Crippen LogP contribution in [0.5, 0.6) is 5.75 Å². The molecule has 2 atom stereocenters.